The van der Waals surface area contributed by atoms with Crippen molar-refractivity contribution < 1.29 is 18.7 Å². The number of hydrogen-bond acceptors (Lipinski definition) is 3. The van der Waals surface area contributed by atoms with Gasteiger partial charge in [0.25, 0.3) is 0 Å². The molecule has 5 rings (SSSR count). The SMILES string of the molecule is O=C(O)C1CCC1.O=c1ccc(-c2ccc(-c3nc4ccc(F)cc4[nH]3)c(F)c2)c[nH]1. The van der Waals surface area contributed by atoms with Gasteiger partial charge in [0.15, 0.2) is 0 Å². The van der Waals surface area contributed by atoms with Gasteiger partial charge in [-0.25, -0.2) is 13.8 Å². The lowest BCUT2D eigenvalue weighted by Crippen LogP contribution is -2.20. The Labute approximate surface area is 175 Å². The van der Waals surface area contributed by atoms with Gasteiger partial charge in [-0.1, -0.05) is 12.5 Å². The van der Waals surface area contributed by atoms with Gasteiger partial charge in [0.2, 0.25) is 5.56 Å². The Morgan fingerprint density at radius 2 is 1.81 bits per heavy atom. The number of nitrogens with one attached hydrogen (secondary N) is 2. The molecule has 1 aliphatic rings. The molecule has 158 valence electrons. The van der Waals surface area contributed by atoms with E-state index in [1.807, 2.05) is 0 Å². The standard InChI is InChI=1S/C18H11F2N3O.C5H8O2/c19-12-3-5-15-16(8-12)23-18(22-15)13-4-1-10(7-14(13)20)11-2-6-17(24)21-9-11;6-5(7)4-2-1-3-4/h1-9H,(H,21,24)(H,22,23);4H,1-3H2,(H,6,7). The minimum Gasteiger partial charge on any atom is -0.481 e. The molecule has 0 saturated heterocycles. The smallest absolute Gasteiger partial charge is 0.306 e. The molecule has 1 saturated carbocycles. The molecule has 3 N–H and O–H groups in total. The number of aromatic amines is 2. The van der Waals surface area contributed by atoms with Crippen LogP contribution in [-0.4, -0.2) is 26.0 Å². The molecular formula is C23H19F2N3O3. The van der Waals surface area contributed by atoms with Crippen LogP contribution >= 0.6 is 0 Å². The van der Waals surface area contributed by atoms with E-state index in [9.17, 15) is 18.4 Å². The summed E-state index contributed by atoms with van der Waals surface area (Å²) in [6, 6.07) is 11.9. The van der Waals surface area contributed by atoms with Crippen LogP contribution in [0, 0.1) is 17.6 Å². The van der Waals surface area contributed by atoms with Crippen LogP contribution in [-0.2, 0) is 4.79 Å². The first-order chi connectivity index (χ1) is 14.9. The molecule has 8 heteroatoms. The van der Waals surface area contributed by atoms with Crippen LogP contribution in [0.2, 0.25) is 0 Å². The van der Waals surface area contributed by atoms with E-state index in [0.29, 0.717) is 33.5 Å². The highest BCUT2D eigenvalue weighted by Gasteiger charge is 2.23. The number of imidazole rings is 1. The highest BCUT2D eigenvalue weighted by atomic mass is 19.1. The molecule has 2 aromatic heterocycles. The molecule has 0 atom stereocenters. The Balaban J connectivity index is 0.000000282. The van der Waals surface area contributed by atoms with E-state index in [1.165, 1.54) is 36.5 Å². The number of hydrogen-bond donors (Lipinski definition) is 3. The molecule has 2 heterocycles. The third-order valence-corrected chi connectivity index (χ3v) is 5.24. The van der Waals surface area contributed by atoms with Gasteiger partial charge >= 0.3 is 5.97 Å². The van der Waals surface area contributed by atoms with Crippen molar-refractivity contribution in [3.63, 3.8) is 0 Å². The van der Waals surface area contributed by atoms with Crippen LogP contribution in [0.25, 0.3) is 33.5 Å². The fourth-order valence-corrected chi connectivity index (χ4v) is 3.24. The first-order valence-electron chi connectivity index (χ1n) is 9.78. The predicted molar refractivity (Wildman–Crippen MR) is 112 cm³/mol. The Hall–Kier alpha value is -3.81. The van der Waals surface area contributed by atoms with Crippen molar-refractivity contribution in [2.45, 2.75) is 19.3 Å². The normalized spacial score (nSPS) is 13.4. The summed E-state index contributed by atoms with van der Waals surface area (Å²) in [4.78, 5) is 30.8. The molecule has 0 bridgehead atoms. The van der Waals surface area contributed by atoms with Crippen LogP contribution in [0.15, 0.2) is 59.5 Å². The first kappa shape index (κ1) is 20.5. The largest absolute Gasteiger partial charge is 0.481 e. The molecule has 1 fully saturated rings. The number of carboxylic acids is 1. The van der Waals surface area contributed by atoms with Crippen molar-refractivity contribution in [1.82, 2.24) is 15.0 Å². The van der Waals surface area contributed by atoms with Crippen LogP contribution in [0.1, 0.15) is 19.3 Å². The molecule has 0 unspecified atom stereocenters. The molecule has 0 radical (unpaired) electrons. The van der Waals surface area contributed by atoms with Crippen molar-refractivity contribution in [3.8, 4) is 22.5 Å². The summed E-state index contributed by atoms with van der Waals surface area (Å²) in [5.74, 6) is -1.13. The second-order valence-corrected chi connectivity index (χ2v) is 7.35. The Bertz CT molecular complexity index is 1290. The molecule has 4 aromatic rings. The number of carbonyl (C=O) groups is 1. The van der Waals surface area contributed by atoms with Gasteiger partial charge in [-0.2, -0.15) is 0 Å². The van der Waals surface area contributed by atoms with Crippen molar-refractivity contribution in [1.29, 1.82) is 0 Å². The van der Waals surface area contributed by atoms with E-state index in [-0.39, 0.29) is 17.3 Å². The lowest BCUT2D eigenvalue weighted by atomic mass is 9.86. The molecule has 0 aliphatic heterocycles. The van der Waals surface area contributed by atoms with Crippen LogP contribution < -0.4 is 5.56 Å². The summed E-state index contributed by atoms with van der Waals surface area (Å²) in [7, 11) is 0. The third-order valence-electron chi connectivity index (χ3n) is 5.24. The quantitative estimate of drug-likeness (QED) is 0.443. The molecule has 2 aromatic carbocycles. The van der Waals surface area contributed by atoms with E-state index in [4.69, 9.17) is 5.11 Å². The average molecular weight is 423 g/mol. The number of H-pyrrole nitrogens is 2. The maximum absolute atomic E-state index is 14.5. The summed E-state index contributed by atoms with van der Waals surface area (Å²) in [5.41, 5.74) is 2.48. The number of pyridine rings is 1. The molecule has 6 nitrogen and oxygen atoms in total. The number of benzene rings is 2. The zero-order valence-electron chi connectivity index (χ0n) is 16.4. The van der Waals surface area contributed by atoms with Gasteiger partial charge in [-0.3, -0.25) is 9.59 Å². The fourth-order valence-electron chi connectivity index (χ4n) is 3.24. The third kappa shape index (κ3) is 4.53. The Kier molecular flexibility index (Phi) is 5.62. The Morgan fingerprint density at radius 3 is 2.39 bits per heavy atom. The lowest BCUT2D eigenvalue weighted by molar-refractivity contribution is -0.144. The highest BCUT2D eigenvalue weighted by molar-refractivity contribution is 5.80. The van der Waals surface area contributed by atoms with Gasteiger partial charge in [0, 0.05) is 12.3 Å². The van der Waals surface area contributed by atoms with Gasteiger partial charge in [-0.15, -0.1) is 0 Å². The van der Waals surface area contributed by atoms with E-state index in [2.05, 4.69) is 15.0 Å². The van der Waals surface area contributed by atoms with E-state index in [0.717, 1.165) is 19.3 Å². The van der Waals surface area contributed by atoms with Crippen molar-refractivity contribution in [2.75, 3.05) is 0 Å². The summed E-state index contributed by atoms with van der Waals surface area (Å²) >= 11 is 0. The monoisotopic (exact) mass is 423 g/mol. The van der Waals surface area contributed by atoms with Crippen molar-refractivity contribution in [2.24, 2.45) is 5.92 Å². The topological polar surface area (TPSA) is 98.8 Å². The Morgan fingerprint density at radius 1 is 1.03 bits per heavy atom. The molecule has 1 aliphatic carbocycles. The maximum Gasteiger partial charge on any atom is 0.306 e. The van der Waals surface area contributed by atoms with Crippen molar-refractivity contribution >= 4 is 17.0 Å². The van der Waals surface area contributed by atoms with Gasteiger partial charge in [-0.05, 0) is 60.4 Å². The second kappa shape index (κ2) is 8.51. The van der Waals surface area contributed by atoms with Crippen molar-refractivity contribution in [3.05, 3.63) is 76.7 Å². The van der Waals surface area contributed by atoms with Gasteiger partial charge in [0.05, 0.1) is 22.5 Å². The van der Waals surface area contributed by atoms with E-state index < -0.39 is 11.8 Å². The predicted octanol–water partition coefficient (Wildman–Crippen LogP) is 4.73. The maximum atomic E-state index is 14.5. The minimum absolute atomic E-state index is 0.000000000000000444. The summed E-state index contributed by atoms with van der Waals surface area (Å²) in [6.07, 6.45) is 4.43. The lowest BCUT2D eigenvalue weighted by Gasteiger charge is -2.19. The number of nitrogens with zero attached hydrogens (tertiary/aromatic N) is 1. The van der Waals surface area contributed by atoms with Gasteiger partial charge in [0.1, 0.15) is 17.5 Å². The van der Waals surface area contributed by atoms with Crippen LogP contribution in [0.3, 0.4) is 0 Å². The number of aromatic nitrogens is 3. The number of aliphatic carboxylic acids is 1. The fraction of sp³-hybridized carbons (Fsp3) is 0.174. The molecule has 31 heavy (non-hydrogen) atoms. The van der Waals surface area contributed by atoms with E-state index >= 15 is 0 Å². The number of halogens is 2. The number of carboxylic acid groups (broad SMARTS) is 1. The number of rotatable bonds is 3. The zero-order valence-corrected chi connectivity index (χ0v) is 16.4. The molecule has 0 amide bonds. The first-order valence-corrected chi connectivity index (χ1v) is 9.78. The molecular weight excluding hydrogens is 404 g/mol. The highest BCUT2D eigenvalue weighted by Crippen LogP contribution is 2.28. The summed E-state index contributed by atoms with van der Waals surface area (Å²) in [6.45, 7) is 0. The average Bonchev–Trinajstić information content (AvgIpc) is 3.10. The van der Waals surface area contributed by atoms with Crippen LogP contribution in [0.4, 0.5) is 8.78 Å². The summed E-state index contributed by atoms with van der Waals surface area (Å²) in [5, 5.41) is 8.23. The summed E-state index contributed by atoms with van der Waals surface area (Å²) < 4.78 is 27.8. The molecule has 0 spiro atoms. The zero-order chi connectivity index (χ0) is 22.0. The van der Waals surface area contributed by atoms with Gasteiger partial charge < -0.3 is 15.1 Å². The number of fused-ring (bicyclic) bond motifs is 1. The minimum atomic E-state index is -0.619. The second-order valence-electron chi connectivity index (χ2n) is 7.35. The van der Waals surface area contributed by atoms with E-state index in [1.54, 1.807) is 18.2 Å². The van der Waals surface area contributed by atoms with Crippen LogP contribution in [0.5, 0.6) is 0 Å².